The van der Waals surface area contributed by atoms with Crippen LogP contribution in [0.5, 0.6) is 0 Å². The fourth-order valence-electron chi connectivity index (χ4n) is 2.94. The van der Waals surface area contributed by atoms with Gasteiger partial charge >= 0.3 is 12.0 Å². The van der Waals surface area contributed by atoms with Crippen LogP contribution in [0.25, 0.3) is 0 Å². The highest BCUT2D eigenvalue weighted by molar-refractivity contribution is 5.74. The summed E-state index contributed by atoms with van der Waals surface area (Å²) in [4.78, 5) is 24.5. The lowest BCUT2D eigenvalue weighted by Crippen LogP contribution is -2.48. The predicted octanol–water partition coefficient (Wildman–Crippen LogP) is 1.45. The smallest absolute Gasteiger partial charge is 0.317 e. The maximum Gasteiger partial charge on any atom is 0.317 e. The monoisotopic (exact) mass is 284 g/mol. The standard InChI is InChI=1S/C14H24N2O4/c1-14(5-2-8-20-14)10-15-13(19)16-6-3-11(4-7-16)9-12(17)18/h11H,2-10H2,1H3,(H,15,19)(H,17,18). The van der Waals surface area contributed by atoms with Crippen molar-refractivity contribution in [3.8, 4) is 0 Å². The molecule has 1 unspecified atom stereocenters. The number of amides is 2. The van der Waals surface area contributed by atoms with Crippen molar-refractivity contribution in [2.75, 3.05) is 26.2 Å². The first-order valence-corrected chi connectivity index (χ1v) is 7.37. The molecule has 2 heterocycles. The molecule has 2 fully saturated rings. The Hall–Kier alpha value is -1.30. The summed E-state index contributed by atoms with van der Waals surface area (Å²) >= 11 is 0. The Kier molecular flexibility index (Phi) is 4.86. The first kappa shape index (κ1) is 15.1. The maximum absolute atomic E-state index is 12.1. The molecular formula is C14H24N2O4. The number of ether oxygens (including phenoxy) is 1. The van der Waals surface area contributed by atoms with E-state index in [9.17, 15) is 9.59 Å². The van der Waals surface area contributed by atoms with Crippen LogP contribution < -0.4 is 5.32 Å². The molecule has 6 nitrogen and oxygen atoms in total. The van der Waals surface area contributed by atoms with Gasteiger partial charge in [0, 0.05) is 32.7 Å². The van der Waals surface area contributed by atoms with Gasteiger partial charge in [-0.1, -0.05) is 0 Å². The zero-order valence-electron chi connectivity index (χ0n) is 12.1. The summed E-state index contributed by atoms with van der Waals surface area (Å²) in [5.41, 5.74) is -0.225. The largest absolute Gasteiger partial charge is 0.481 e. The Bertz CT molecular complexity index is 358. The second kappa shape index (κ2) is 6.43. The number of urea groups is 1. The van der Waals surface area contributed by atoms with Crippen LogP contribution in [0, 0.1) is 5.92 Å². The summed E-state index contributed by atoms with van der Waals surface area (Å²) in [6.45, 7) is 4.62. The molecule has 0 aliphatic carbocycles. The van der Waals surface area contributed by atoms with Crippen LogP contribution in [0.2, 0.25) is 0 Å². The van der Waals surface area contributed by atoms with Gasteiger partial charge in [0.05, 0.1) is 5.60 Å². The number of nitrogens with zero attached hydrogens (tertiary/aromatic N) is 1. The molecule has 0 bridgehead atoms. The lowest BCUT2D eigenvalue weighted by molar-refractivity contribution is -0.138. The second-order valence-corrected chi connectivity index (χ2v) is 6.09. The molecule has 1 atom stereocenters. The third-order valence-corrected chi connectivity index (χ3v) is 4.28. The summed E-state index contributed by atoms with van der Waals surface area (Å²) in [5.74, 6) is -0.550. The van der Waals surface area contributed by atoms with Crippen molar-refractivity contribution < 1.29 is 19.4 Å². The molecule has 2 aliphatic heterocycles. The summed E-state index contributed by atoms with van der Waals surface area (Å²) in [6, 6.07) is -0.0597. The Labute approximate surface area is 119 Å². The van der Waals surface area contributed by atoms with Gasteiger partial charge in [-0.3, -0.25) is 4.79 Å². The number of likely N-dealkylation sites (tertiary alicyclic amines) is 1. The highest BCUT2D eigenvalue weighted by Gasteiger charge is 2.31. The molecule has 0 aromatic rings. The summed E-state index contributed by atoms with van der Waals surface area (Å²) < 4.78 is 5.64. The summed E-state index contributed by atoms with van der Waals surface area (Å²) in [7, 11) is 0. The minimum Gasteiger partial charge on any atom is -0.481 e. The molecule has 114 valence electrons. The highest BCUT2D eigenvalue weighted by atomic mass is 16.5. The first-order valence-electron chi connectivity index (χ1n) is 7.37. The fraction of sp³-hybridized carbons (Fsp3) is 0.857. The van der Waals surface area contributed by atoms with Crippen molar-refractivity contribution in [1.82, 2.24) is 10.2 Å². The van der Waals surface area contributed by atoms with Gasteiger partial charge in [-0.15, -0.1) is 0 Å². The van der Waals surface area contributed by atoms with Crippen molar-refractivity contribution in [2.24, 2.45) is 5.92 Å². The van der Waals surface area contributed by atoms with E-state index in [-0.39, 0.29) is 24.0 Å². The average Bonchev–Trinajstić information content (AvgIpc) is 2.84. The summed E-state index contributed by atoms with van der Waals surface area (Å²) in [6.07, 6.45) is 3.78. The predicted molar refractivity (Wildman–Crippen MR) is 73.5 cm³/mol. The average molecular weight is 284 g/mol. The number of hydrogen-bond donors (Lipinski definition) is 2. The zero-order valence-corrected chi connectivity index (χ0v) is 12.1. The van der Waals surface area contributed by atoms with E-state index in [1.807, 2.05) is 6.92 Å². The molecule has 6 heteroatoms. The molecule has 0 aromatic carbocycles. The fourth-order valence-corrected chi connectivity index (χ4v) is 2.94. The Morgan fingerprint density at radius 1 is 1.40 bits per heavy atom. The highest BCUT2D eigenvalue weighted by Crippen LogP contribution is 2.24. The number of carbonyl (C=O) groups excluding carboxylic acids is 1. The lowest BCUT2D eigenvalue weighted by atomic mass is 9.94. The topological polar surface area (TPSA) is 78.9 Å². The van der Waals surface area contributed by atoms with Crippen LogP contribution in [-0.4, -0.2) is 53.8 Å². The third kappa shape index (κ3) is 4.10. The van der Waals surface area contributed by atoms with E-state index in [2.05, 4.69) is 5.32 Å². The first-order chi connectivity index (χ1) is 9.48. The van der Waals surface area contributed by atoms with Gasteiger partial charge in [-0.05, 0) is 38.5 Å². The molecule has 2 aliphatic rings. The van der Waals surface area contributed by atoms with Crippen molar-refractivity contribution in [1.29, 1.82) is 0 Å². The third-order valence-electron chi connectivity index (χ3n) is 4.28. The summed E-state index contributed by atoms with van der Waals surface area (Å²) in [5, 5.41) is 11.7. The van der Waals surface area contributed by atoms with Crippen LogP contribution in [0.3, 0.4) is 0 Å². The van der Waals surface area contributed by atoms with Crippen molar-refractivity contribution in [3.05, 3.63) is 0 Å². The number of hydrogen-bond acceptors (Lipinski definition) is 3. The van der Waals surface area contributed by atoms with Gasteiger partial charge in [-0.25, -0.2) is 4.79 Å². The van der Waals surface area contributed by atoms with E-state index in [1.165, 1.54) is 0 Å². The molecule has 2 N–H and O–H groups in total. The molecule has 0 aromatic heterocycles. The normalized spacial score (nSPS) is 27.6. The molecule has 0 radical (unpaired) electrons. The number of rotatable bonds is 4. The van der Waals surface area contributed by atoms with Crippen LogP contribution in [0.1, 0.15) is 39.0 Å². The van der Waals surface area contributed by atoms with E-state index in [0.717, 1.165) is 32.3 Å². The number of carboxylic acids is 1. The van der Waals surface area contributed by atoms with Crippen LogP contribution in [0.4, 0.5) is 4.79 Å². The zero-order chi connectivity index (χ0) is 14.6. The van der Waals surface area contributed by atoms with E-state index in [1.54, 1.807) is 4.90 Å². The van der Waals surface area contributed by atoms with Crippen molar-refractivity contribution in [3.63, 3.8) is 0 Å². The van der Waals surface area contributed by atoms with Gasteiger partial charge in [0.25, 0.3) is 0 Å². The van der Waals surface area contributed by atoms with Gasteiger partial charge in [0.15, 0.2) is 0 Å². The SMILES string of the molecule is CC1(CNC(=O)N2CCC(CC(=O)O)CC2)CCCO1. The number of aliphatic carboxylic acids is 1. The van der Waals surface area contributed by atoms with Gasteiger partial charge in [0.2, 0.25) is 0 Å². The number of carboxylic acid groups (broad SMARTS) is 1. The van der Waals surface area contributed by atoms with Gasteiger partial charge in [0.1, 0.15) is 0 Å². The molecule has 2 saturated heterocycles. The van der Waals surface area contributed by atoms with Gasteiger partial charge < -0.3 is 20.1 Å². The van der Waals surface area contributed by atoms with E-state index in [4.69, 9.17) is 9.84 Å². The Morgan fingerprint density at radius 3 is 2.65 bits per heavy atom. The minimum absolute atomic E-state index is 0.0597. The number of piperidine rings is 1. The van der Waals surface area contributed by atoms with E-state index in [0.29, 0.717) is 19.6 Å². The van der Waals surface area contributed by atoms with Gasteiger partial charge in [-0.2, -0.15) is 0 Å². The number of carbonyl (C=O) groups is 2. The molecule has 2 amide bonds. The molecule has 2 rings (SSSR count). The lowest BCUT2D eigenvalue weighted by Gasteiger charge is -2.32. The number of nitrogens with one attached hydrogen (secondary N) is 1. The van der Waals surface area contributed by atoms with E-state index >= 15 is 0 Å². The van der Waals surface area contributed by atoms with Crippen molar-refractivity contribution >= 4 is 12.0 Å². The Balaban J connectivity index is 1.70. The molecule has 0 spiro atoms. The minimum atomic E-state index is -0.751. The van der Waals surface area contributed by atoms with Crippen LogP contribution in [-0.2, 0) is 9.53 Å². The molecule has 20 heavy (non-hydrogen) atoms. The van der Waals surface area contributed by atoms with Crippen LogP contribution in [0.15, 0.2) is 0 Å². The molecule has 0 saturated carbocycles. The second-order valence-electron chi connectivity index (χ2n) is 6.09. The van der Waals surface area contributed by atoms with Crippen LogP contribution >= 0.6 is 0 Å². The van der Waals surface area contributed by atoms with Crippen molar-refractivity contribution in [2.45, 2.75) is 44.6 Å². The molecular weight excluding hydrogens is 260 g/mol. The maximum atomic E-state index is 12.1. The van der Waals surface area contributed by atoms with E-state index < -0.39 is 5.97 Å². The Morgan fingerprint density at radius 2 is 2.10 bits per heavy atom. The quantitative estimate of drug-likeness (QED) is 0.819.